The first-order chi connectivity index (χ1) is 7.31. The number of rotatable bonds is 3. The third kappa shape index (κ3) is 2.38. The summed E-state index contributed by atoms with van der Waals surface area (Å²) in [6, 6.07) is 0.373. The van der Waals surface area contributed by atoms with Crippen LogP contribution in [0.15, 0.2) is 0 Å². The monoisotopic (exact) mass is 227 g/mol. The van der Waals surface area contributed by atoms with Gasteiger partial charge in [-0.05, 0) is 34.7 Å². The van der Waals surface area contributed by atoms with E-state index in [-0.39, 0.29) is 17.5 Å². The number of carbonyl (C=O) groups excluding carboxylic acids is 1. The van der Waals surface area contributed by atoms with Gasteiger partial charge >= 0.3 is 0 Å². The Morgan fingerprint density at radius 3 is 2.50 bits per heavy atom. The maximum absolute atomic E-state index is 12.3. The normalized spacial score (nSPS) is 26.6. The lowest BCUT2D eigenvalue weighted by molar-refractivity contribution is -0.150. The molecule has 16 heavy (non-hydrogen) atoms. The maximum Gasteiger partial charge on any atom is 0.241 e. The van der Waals surface area contributed by atoms with Gasteiger partial charge in [0.05, 0.1) is 0 Å². The smallest absolute Gasteiger partial charge is 0.241 e. The molecule has 94 valence electrons. The first-order valence-electron chi connectivity index (χ1n) is 5.99. The first kappa shape index (κ1) is 13.5. The highest BCUT2D eigenvalue weighted by Gasteiger charge is 2.43. The lowest BCUT2D eigenvalue weighted by atomic mass is 9.94. The second-order valence-electron chi connectivity index (χ2n) is 5.55. The van der Waals surface area contributed by atoms with Gasteiger partial charge < -0.3 is 10.2 Å². The van der Waals surface area contributed by atoms with Crippen LogP contribution in [0.1, 0.15) is 27.7 Å². The summed E-state index contributed by atoms with van der Waals surface area (Å²) in [5.74, 6) is 0.222. The van der Waals surface area contributed by atoms with E-state index in [0.29, 0.717) is 6.04 Å². The van der Waals surface area contributed by atoms with Crippen molar-refractivity contribution in [3.63, 3.8) is 0 Å². The van der Waals surface area contributed by atoms with Crippen LogP contribution in [0.5, 0.6) is 0 Å². The lowest BCUT2D eigenvalue weighted by Gasteiger charge is -2.50. The molecule has 1 fully saturated rings. The minimum absolute atomic E-state index is 0.0250. The fourth-order valence-electron chi connectivity index (χ4n) is 2.27. The minimum atomic E-state index is -0.0778. The molecule has 1 atom stereocenters. The largest absolute Gasteiger partial charge is 0.338 e. The predicted octanol–water partition coefficient (Wildman–Crippen LogP) is 0.535. The quantitative estimate of drug-likeness (QED) is 0.764. The highest BCUT2D eigenvalue weighted by Crippen LogP contribution is 2.25. The van der Waals surface area contributed by atoms with E-state index in [0.717, 1.165) is 13.1 Å². The Hall–Kier alpha value is -0.610. The van der Waals surface area contributed by atoms with Crippen molar-refractivity contribution in [2.75, 3.05) is 27.2 Å². The van der Waals surface area contributed by atoms with Gasteiger partial charge in [-0.3, -0.25) is 9.69 Å². The molecule has 0 saturated carbocycles. The lowest BCUT2D eigenvalue weighted by Crippen LogP contribution is -2.68. The topological polar surface area (TPSA) is 35.6 Å². The first-order valence-corrected chi connectivity index (χ1v) is 5.99. The Morgan fingerprint density at radius 2 is 2.06 bits per heavy atom. The van der Waals surface area contributed by atoms with Gasteiger partial charge in [-0.2, -0.15) is 0 Å². The molecule has 4 heteroatoms. The average molecular weight is 227 g/mol. The minimum Gasteiger partial charge on any atom is -0.338 e. The summed E-state index contributed by atoms with van der Waals surface area (Å²) in [4.78, 5) is 16.5. The molecule has 4 nitrogen and oxygen atoms in total. The van der Waals surface area contributed by atoms with Crippen LogP contribution in [0.4, 0.5) is 0 Å². The molecule has 0 aromatic rings. The van der Waals surface area contributed by atoms with Gasteiger partial charge in [-0.15, -0.1) is 0 Å². The molecule has 0 bridgehead atoms. The molecule has 0 aromatic heterocycles. The van der Waals surface area contributed by atoms with E-state index >= 15 is 0 Å². The van der Waals surface area contributed by atoms with Crippen molar-refractivity contribution in [1.82, 2.24) is 15.1 Å². The molecule has 1 rings (SSSR count). The second-order valence-corrected chi connectivity index (χ2v) is 5.55. The van der Waals surface area contributed by atoms with E-state index in [4.69, 9.17) is 0 Å². The van der Waals surface area contributed by atoms with Crippen molar-refractivity contribution in [3.05, 3.63) is 0 Å². The molecule has 1 saturated heterocycles. The van der Waals surface area contributed by atoms with E-state index < -0.39 is 0 Å². The number of likely N-dealkylation sites (N-methyl/N-ethyl adjacent to an activating group) is 2. The van der Waals surface area contributed by atoms with Crippen LogP contribution in [0.2, 0.25) is 0 Å². The highest BCUT2D eigenvalue weighted by atomic mass is 16.2. The molecule has 0 aromatic carbocycles. The number of piperazine rings is 1. The fourth-order valence-corrected chi connectivity index (χ4v) is 2.27. The van der Waals surface area contributed by atoms with Crippen LogP contribution < -0.4 is 5.32 Å². The molecule has 1 amide bonds. The van der Waals surface area contributed by atoms with Crippen molar-refractivity contribution in [3.8, 4) is 0 Å². The van der Waals surface area contributed by atoms with Gasteiger partial charge in [0.25, 0.3) is 0 Å². The molecule has 1 aliphatic rings. The van der Waals surface area contributed by atoms with Gasteiger partial charge in [0.15, 0.2) is 0 Å². The molecule has 1 aliphatic heterocycles. The van der Waals surface area contributed by atoms with E-state index in [1.54, 1.807) is 0 Å². The van der Waals surface area contributed by atoms with Gasteiger partial charge in [-0.1, -0.05) is 0 Å². The summed E-state index contributed by atoms with van der Waals surface area (Å²) >= 11 is 0. The molecule has 1 heterocycles. The number of amides is 1. The molecule has 1 N–H and O–H groups in total. The van der Waals surface area contributed by atoms with Crippen LogP contribution in [-0.4, -0.2) is 60.5 Å². The van der Waals surface area contributed by atoms with Crippen molar-refractivity contribution in [2.45, 2.75) is 45.3 Å². The Morgan fingerprint density at radius 1 is 1.50 bits per heavy atom. The number of nitrogens with zero attached hydrogens (tertiary/aromatic N) is 2. The number of carbonyl (C=O) groups is 1. The van der Waals surface area contributed by atoms with Gasteiger partial charge in [-0.25, -0.2) is 0 Å². The maximum atomic E-state index is 12.3. The van der Waals surface area contributed by atoms with Crippen molar-refractivity contribution in [2.24, 2.45) is 0 Å². The van der Waals surface area contributed by atoms with Crippen molar-refractivity contribution in [1.29, 1.82) is 0 Å². The summed E-state index contributed by atoms with van der Waals surface area (Å²) < 4.78 is 0. The second kappa shape index (κ2) is 4.72. The zero-order chi connectivity index (χ0) is 12.5. The van der Waals surface area contributed by atoms with Crippen molar-refractivity contribution < 1.29 is 4.79 Å². The fraction of sp³-hybridized carbons (Fsp3) is 0.917. The summed E-state index contributed by atoms with van der Waals surface area (Å²) in [7, 11) is 3.80. The van der Waals surface area contributed by atoms with Gasteiger partial charge in [0.1, 0.15) is 6.04 Å². The number of nitrogens with one attached hydrogen (secondary N) is 1. The molecule has 0 radical (unpaired) electrons. The standard InChI is InChI=1S/C12H25N3O/c1-9(2)15-8-12(3,4)14(6)11(16)10(15)7-13-5/h9-10,13H,7-8H2,1-6H3. The summed E-state index contributed by atoms with van der Waals surface area (Å²) in [6.45, 7) is 10.2. The van der Waals surface area contributed by atoms with Gasteiger partial charge in [0.2, 0.25) is 5.91 Å². The van der Waals surface area contributed by atoms with Crippen LogP contribution in [0.25, 0.3) is 0 Å². The SMILES string of the molecule is CNCC1C(=O)N(C)C(C)(C)CN1C(C)C. The average Bonchev–Trinajstić information content (AvgIpc) is 2.19. The summed E-state index contributed by atoms with van der Waals surface area (Å²) in [6.07, 6.45) is 0. The van der Waals surface area contributed by atoms with Crippen LogP contribution in [0, 0.1) is 0 Å². The van der Waals surface area contributed by atoms with Crippen LogP contribution in [-0.2, 0) is 4.79 Å². The molecule has 0 aliphatic carbocycles. The summed E-state index contributed by atoms with van der Waals surface area (Å²) in [5.41, 5.74) is -0.0778. The Kier molecular flexibility index (Phi) is 3.97. The van der Waals surface area contributed by atoms with E-state index in [1.165, 1.54) is 0 Å². The Bertz CT molecular complexity index is 263. The molecule has 0 spiro atoms. The molecular weight excluding hydrogens is 202 g/mol. The summed E-state index contributed by atoms with van der Waals surface area (Å²) in [5, 5.41) is 3.11. The van der Waals surface area contributed by atoms with Crippen LogP contribution in [0.3, 0.4) is 0 Å². The third-order valence-electron chi connectivity index (χ3n) is 3.55. The zero-order valence-electron chi connectivity index (χ0n) is 11.4. The number of hydrogen-bond acceptors (Lipinski definition) is 3. The van der Waals surface area contributed by atoms with Crippen molar-refractivity contribution >= 4 is 5.91 Å². The molecule has 1 unspecified atom stereocenters. The zero-order valence-corrected chi connectivity index (χ0v) is 11.4. The van der Waals surface area contributed by atoms with Crippen LogP contribution >= 0.6 is 0 Å². The Balaban J connectivity index is 2.93. The van der Waals surface area contributed by atoms with E-state index in [2.05, 4.69) is 37.9 Å². The highest BCUT2D eigenvalue weighted by molar-refractivity contribution is 5.83. The predicted molar refractivity (Wildman–Crippen MR) is 66.4 cm³/mol. The van der Waals surface area contributed by atoms with E-state index in [9.17, 15) is 4.79 Å². The Labute approximate surface area is 99.0 Å². The van der Waals surface area contributed by atoms with Gasteiger partial charge in [0, 0.05) is 31.7 Å². The number of hydrogen-bond donors (Lipinski definition) is 1. The molecular formula is C12H25N3O. The third-order valence-corrected chi connectivity index (χ3v) is 3.55. The van der Waals surface area contributed by atoms with E-state index in [1.807, 2.05) is 19.0 Å².